The summed E-state index contributed by atoms with van der Waals surface area (Å²) in [7, 11) is -10.3. The van der Waals surface area contributed by atoms with Gasteiger partial charge in [-0.2, -0.15) is 18.4 Å². The molecule has 3 rings (SSSR count). The van der Waals surface area contributed by atoms with E-state index in [1.165, 1.54) is 6.07 Å². The molecule has 0 heterocycles. The van der Waals surface area contributed by atoms with Crippen molar-refractivity contribution in [1.29, 1.82) is 5.26 Å². The lowest BCUT2D eigenvalue weighted by molar-refractivity contribution is -0.0436. The molecule has 0 radical (unpaired) electrons. The van der Waals surface area contributed by atoms with Gasteiger partial charge in [0.2, 0.25) is 0 Å². The molecule has 3 aromatic carbocycles. The normalized spacial score (nSPS) is 12.7. The molecule has 0 amide bonds. The van der Waals surface area contributed by atoms with E-state index in [2.05, 4.69) is 4.72 Å². The number of hydrogen-bond donors (Lipinski definition) is 2. The Morgan fingerprint density at radius 2 is 1.51 bits per heavy atom. The summed E-state index contributed by atoms with van der Waals surface area (Å²) in [5.74, 6) is -0.551. The Labute approximate surface area is 217 Å². The monoisotopic (exact) mass is 572 g/mol. The molecule has 0 saturated heterocycles. The zero-order chi connectivity index (χ0) is 28.0. The van der Waals surface area contributed by atoms with Crippen LogP contribution < -0.4 is 4.72 Å². The number of sulfone groups is 1. The summed E-state index contributed by atoms with van der Waals surface area (Å²) < 4.78 is 90.6. The number of alkyl halides is 3. The molecule has 196 valence electrons. The van der Waals surface area contributed by atoms with Crippen LogP contribution >= 0.6 is 11.6 Å². The number of phenolic OH excluding ortho intramolecular Hbond substituents is 1. The molecule has 2 N–H and O–H groups in total. The van der Waals surface area contributed by atoms with Crippen LogP contribution in [0.1, 0.15) is 31.9 Å². The lowest BCUT2D eigenvalue weighted by Crippen LogP contribution is -2.23. The highest BCUT2D eigenvalue weighted by Crippen LogP contribution is 2.41. The fraction of sp³-hybridized carbons (Fsp3) is 0.208. The number of rotatable bonds is 5. The minimum Gasteiger partial charge on any atom is -0.506 e. The van der Waals surface area contributed by atoms with E-state index in [9.17, 15) is 35.1 Å². The highest BCUT2D eigenvalue weighted by atomic mass is 35.5. The number of nitriles is 1. The van der Waals surface area contributed by atoms with Crippen LogP contribution in [-0.2, 0) is 25.3 Å². The summed E-state index contributed by atoms with van der Waals surface area (Å²) in [5, 5.41) is 19.3. The molecular weight excluding hydrogens is 553 g/mol. The zero-order valence-electron chi connectivity index (χ0n) is 19.6. The van der Waals surface area contributed by atoms with Crippen LogP contribution in [0.3, 0.4) is 0 Å². The van der Waals surface area contributed by atoms with Gasteiger partial charge in [0.1, 0.15) is 10.6 Å². The van der Waals surface area contributed by atoms with Crippen LogP contribution in [0.15, 0.2) is 64.4 Å². The number of hydrogen-bond acceptors (Lipinski definition) is 6. The van der Waals surface area contributed by atoms with Gasteiger partial charge >= 0.3 is 5.51 Å². The second kappa shape index (κ2) is 9.55. The molecule has 0 saturated carbocycles. The van der Waals surface area contributed by atoms with Gasteiger partial charge in [-0.15, -0.1) is 0 Å². The number of anilines is 1. The predicted octanol–water partition coefficient (Wildman–Crippen LogP) is 5.98. The van der Waals surface area contributed by atoms with E-state index in [1.54, 1.807) is 51.1 Å². The summed E-state index contributed by atoms with van der Waals surface area (Å²) in [5.41, 5.74) is -5.04. The standard InChI is InChI=1S/C24H20ClF3N2O5S2/c1-23(2,3)18-10-16(15-6-4-14(13-29)5-7-15)11-21(22(18)31)37(34,35)30-20-9-8-17(12-19(20)25)36(32,33)24(26,27)28/h4-12,30-31H,1-3H3. The fourth-order valence-corrected chi connectivity index (χ4v) is 5.73. The van der Waals surface area contributed by atoms with Crippen LogP contribution in [0.25, 0.3) is 11.1 Å². The molecule has 7 nitrogen and oxygen atoms in total. The molecule has 0 bridgehead atoms. The van der Waals surface area contributed by atoms with E-state index in [-0.39, 0.29) is 5.56 Å². The van der Waals surface area contributed by atoms with Crippen molar-refractivity contribution in [1.82, 2.24) is 0 Å². The molecule has 13 heteroatoms. The van der Waals surface area contributed by atoms with Gasteiger partial charge in [-0.05, 0) is 59.0 Å². The molecule has 0 aliphatic rings. The van der Waals surface area contributed by atoms with Crippen LogP contribution in [-0.4, -0.2) is 27.5 Å². The SMILES string of the molecule is CC(C)(C)c1cc(-c2ccc(C#N)cc2)cc(S(=O)(=O)Nc2ccc(S(=O)(=O)C(F)(F)F)cc2Cl)c1O. The highest BCUT2D eigenvalue weighted by Gasteiger charge is 2.47. The summed E-state index contributed by atoms with van der Waals surface area (Å²) in [6.07, 6.45) is 0. The van der Waals surface area contributed by atoms with E-state index >= 15 is 0 Å². The lowest BCUT2D eigenvalue weighted by atomic mass is 9.84. The number of nitrogens with one attached hydrogen (secondary N) is 1. The van der Waals surface area contributed by atoms with Gasteiger partial charge in [0.25, 0.3) is 19.9 Å². The molecule has 0 atom stereocenters. The third-order valence-electron chi connectivity index (χ3n) is 5.32. The summed E-state index contributed by atoms with van der Waals surface area (Å²) in [4.78, 5) is -1.70. The Morgan fingerprint density at radius 3 is 2.00 bits per heavy atom. The van der Waals surface area contributed by atoms with E-state index < -0.39 is 57.0 Å². The van der Waals surface area contributed by atoms with Crippen molar-refractivity contribution in [3.05, 3.63) is 70.7 Å². The van der Waals surface area contributed by atoms with Crippen molar-refractivity contribution in [3.8, 4) is 22.9 Å². The third kappa shape index (κ3) is 5.69. The molecule has 0 aliphatic heterocycles. The first-order valence-corrected chi connectivity index (χ1v) is 13.7. The second-order valence-electron chi connectivity index (χ2n) is 9.01. The van der Waals surface area contributed by atoms with E-state index in [1.807, 2.05) is 6.07 Å². The number of aromatic hydroxyl groups is 1. The van der Waals surface area contributed by atoms with Crippen molar-refractivity contribution in [2.24, 2.45) is 0 Å². The van der Waals surface area contributed by atoms with E-state index in [0.717, 1.165) is 6.07 Å². The van der Waals surface area contributed by atoms with E-state index in [4.69, 9.17) is 16.9 Å². The Morgan fingerprint density at radius 1 is 0.919 bits per heavy atom. The van der Waals surface area contributed by atoms with Gasteiger partial charge < -0.3 is 5.11 Å². The number of sulfonamides is 1. The average Bonchev–Trinajstić information content (AvgIpc) is 2.78. The minimum absolute atomic E-state index is 0.285. The average molecular weight is 573 g/mol. The molecule has 0 aliphatic carbocycles. The van der Waals surface area contributed by atoms with Gasteiger partial charge in [-0.25, -0.2) is 16.8 Å². The maximum Gasteiger partial charge on any atom is 0.501 e. The maximum atomic E-state index is 13.3. The van der Waals surface area contributed by atoms with Crippen molar-refractivity contribution >= 4 is 37.1 Å². The van der Waals surface area contributed by atoms with Crippen molar-refractivity contribution in [3.63, 3.8) is 0 Å². The Hall–Kier alpha value is -3.27. The number of benzene rings is 3. The van der Waals surface area contributed by atoms with Crippen molar-refractivity contribution in [2.75, 3.05) is 4.72 Å². The molecule has 3 aromatic rings. The first-order valence-electron chi connectivity index (χ1n) is 10.4. The molecule has 0 spiro atoms. The van der Waals surface area contributed by atoms with Gasteiger partial charge in [0, 0.05) is 5.56 Å². The van der Waals surface area contributed by atoms with Crippen LogP contribution in [0.2, 0.25) is 5.02 Å². The van der Waals surface area contributed by atoms with Crippen LogP contribution in [0, 0.1) is 11.3 Å². The number of nitrogens with zero attached hydrogens (tertiary/aromatic N) is 1. The van der Waals surface area contributed by atoms with Gasteiger partial charge in [-0.3, -0.25) is 4.72 Å². The van der Waals surface area contributed by atoms with Crippen molar-refractivity contribution in [2.45, 2.75) is 41.5 Å². The summed E-state index contributed by atoms with van der Waals surface area (Å²) >= 11 is 5.93. The zero-order valence-corrected chi connectivity index (χ0v) is 21.9. The lowest BCUT2D eigenvalue weighted by Gasteiger charge is -2.23. The molecule has 0 fully saturated rings. The first-order chi connectivity index (χ1) is 16.9. The Bertz CT molecular complexity index is 1620. The minimum atomic E-state index is -5.70. The maximum absolute atomic E-state index is 13.3. The summed E-state index contributed by atoms with van der Waals surface area (Å²) in [6.45, 7) is 5.27. The molecule has 37 heavy (non-hydrogen) atoms. The number of halogens is 4. The second-order valence-corrected chi connectivity index (χ2v) is 13.0. The quantitative estimate of drug-likeness (QED) is 0.388. The largest absolute Gasteiger partial charge is 0.506 e. The van der Waals surface area contributed by atoms with Gasteiger partial charge in [0.05, 0.1) is 27.2 Å². The van der Waals surface area contributed by atoms with Crippen LogP contribution in [0.4, 0.5) is 18.9 Å². The van der Waals surface area contributed by atoms with Crippen molar-refractivity contribution < 1.29 is 35.1 Å². The third-order valence-corrected chi connectivity index (χ3v) is 8.50. The Kier molecular flexibility index (Phi) is 7.31. The van der Waals surface area contributed by atoms with Gasteiger partial charge in [-0.1, -0.05) is 44.5 Å². The Balaban J connectivity index is 2.13. The van der Waals surface area contributed by atoms with Gasteiger partial charge in [0.15, 0.2) is 0 Å². The molecular formula is C24H20ClF3N2O5S2. The summed E-state index contributed by atoms with van der Waals surface area (Å²) in [6, 6.07) is 12.9. The molecule has 0 unspecified atom stereocenters. The molecule has 0 aromatic heterocycles. The first kappa shape index (κ1) is 28.3. The van der Waals surface area contributed by atoms with Crippen LogP contribution in [0.5, 0.6) is 5.75 Å². The highest BCUT2D eigenvalue weighted by molar-refractivity contribution is 7.93. The smallest absolute Gasteiger partial charge is 0.501 e. The van der Waals surface area contributed by atoms with E-state index in [0.29, 0.717) is 28.8 Å². The predicted molar refractivity (Wildman–Crippen MR) is 132 cm³/mol. The topological polar surface area (TPSA) is 124 Å². The fourth-order valence-electron chi connectivity index (χ4n) is 3.37. The number of phenols is 1.